The SMILES string of the molecule is Cc1ccc(CN(C)c2nc(C(N)C(=O)O)cs2)o1. The Morgan fingerprint density at radius 1 is 1.63 bits per heavy atom. The molecular formula is C12H15N3O3S. The molecule has 6 nitrogen and oxygen atoms in total. The van der Waals surface area contributed by atoms with Gasteiger partial charge in [0.05, 0.1) is 12.2 Å². The van der Waals surface area contributed by atoms with E-state index in [9.17, 15) is 4.79 Å². The highest BCUT2D eigenvalue weighted by Crippen LogP contribution is 2.24. The Bertz CT molecular complexity index is 578. The number of carboxylic acids is 1. The smallest absolute Gasteiger partial charge is 0.326 e. The zero-order valence-corrected chi connectivity index (χ0v) is 11.5. The maximum Gasteiger partial charge on any atom is 0.326 e. The van der Waals surface area contributed by atoms with Crippen molar-refractivity contribution in [3.63, 3.8) is 0 Å². The Labute approximate surface area is 114 Å². The third kappa shape index (κ3) is 3.12. The first-order valence-corrected chi connectivity index (χ1v) is 6.55. The summed E-state index contributed by atoms with van der Waals surface area (Å²) < 4.78 is 5.48. The molecular weight excluding hydrogens is 266 g/mol. The van der Waals surface area contributed by atoms with E-state index in [4.69, 9.17) is 15.3 Å². The van der Waals surface area contributed by atoms with Crippen LogP contribution in [-0.2, 0) is 11.3 Å². The molecule has 0 aliphatic rings. The van der Waals surface area contributed by atoms with E-state index in [1.807, 2.05) is 31.0 Å². The summed E-state index contributed by atoms with van der Waals surface area (Å²) in [5.74, 6) is 0.608. The number of thiazole rings is 1. The van der Waals surface area contributed by atoms with Gasteiger partial charge in [-0.15, -0.1) is 11.3 Å². The van der Waals surface area contributed by atoms with E-state index in [0.29, 0.717) is 17.4 Å². The van der Waals surface area contributed by atoms with Crippen molar-refractivity contribution in [3.05, 3.63) is 34.7 Å². The Hall–Kier alpha value is -1.86. The van der Waals surface area contributed by atoms with Crippen molar-refractivity contribution in [2.45, 2.75) is 19.5 Å². The molecule has 0 saturated carbocycles. The lowest BCUT2D eigenvalue weighted by Crippen LogP contribution is -2.21. The molecule has 7 heteroatoms. The summed E-state index contributed by atoms with van der Waals surface area (Å²) in [6.45, 7) is 2.46. The zero-order valence-electron chi connectivity index (χ0n) is 10.7. The molecule has 0 aliphatic carbocycles. The fourth-order valence-electron chi connectivity index (χ4n) is 1.59. The van der Waals surface area contributed by atoms with Gasteiger partial charge in [0.15, 0.2) is 5.13 Å². The van der Waals surface area contributed by atoms with Crippen LogP contribution in [0, 0.1) is 6.92 Å². The Morgan fingerprint density at radius 3 is 2.95 bits per heavy atom. The number of nitrogens with zero attached hydrogens (tertiary/aromatic N) is 2. The minimum Gasteiger partial charge on any atom is -0.480 e. The summed E-state index contributed by atoms with van der Waals surface area (Å²) in [7, 11) is 1.87. The lowest BCUT2D eigenvalue weighted by atomic mass is 10.2. The average Bonchev–Trinajstić information content (AvgIpc) is 2.97. The van der Waals surface area contributed by atoms with Gasteiger partial charge in [-0.1, -0.05) is 0 Å². The summed E-state index contributed by atoms with van der Waals surface area (Å²) in [5.41, 5.74) is 5.89. The predicted molar refractivity (Wildman–Crippen MR) is 72.2 cm³/mol. The topological polar surface area (TPSA) is 92.6 Å². The molecule has 0 saturated heterocycles. The Morgan fingerprint density at radius 2 is 2.37 bits per heavy atom. The van der Waals surface area contributed by atoms with Gasteiger partial charge in [-0.25, -0.2) is 4.98 Å². The number of anilines is 1. The highest BCUT2D eigenvalue weighted by Gasteiger charge is 2.19. The minimum atomic E-state index is -1.08. The third-order valence-electron chi connectivity index (χ3n) is 2.61. The highest BCUT2D eigenvalue weighted by molar-refractivity contribution is 7.13. The maximum absolute atomic E-state index is 10.8. The fraction of sp³-hybridized carbons (Fsp3) is 0.333. The molecule has 1 unspecified atom stereocenters. The molecule has 19 heavy (non-hydrogen) atoms. The fourth-order valence-corrected chi connectivity index (χ4v) is 2.42. The first-order valence-electron chi connectivity index (χ1n) is 5.67. The van der Waals surface area contributed by atoms with Crippen LogP contribution in [0.3, 0.4) is 0 Å². The molecule has 2 heterocycles. The van der Waals surface area contributed by atoms with E-state index in [1.165, 1.54) is 11.3 Å². The predicted octanol–water partition coefficient (Wildman–Crippen LogP) is 1.77. The molecule has 102 valence electrons. The van der Waals surface area contributed by atoms with Crippen molar-refractivity contribution in [3.8, 4) is 0 Å². The minimum absolute atomic E-state index is 0.370. The molecule has 0 aromatic carbocycles. The molecule has 0 bridgehead atoms. The van der Waals surface area contributed by atoms with Crippen molar-refractivity contribution < 1.29 is 14.3 Å². The van der Waals surface area contributed by atoms with Crippen LogP contribution in [0.25, 0.3) is 0 Å². The molecule has 2 rings (SSSR count). The third-order valence-corrected chi connectivity index (χ3v) is 3.58. The van der Waals surface area contributed by atoms with E-state index in [1.54, 1.807) is 5.38 Å². The van der Waals surface area contributed by atoms with E-state index in [2.05, 4.69) is 4.98 Å². The van der Waals surface area contributed by atoms with Gasteiger partial charge in [0.25, 0.3) is 0 Å². The summed E-state index contributed by atoms with van der Waals surface area (Å²) in [6.07, 6.45) is 0. The van der Waals surface area contributed by atoms with Crippen LogP contribution >= 0.6 is 11.3 Å². The molecule has 0 fully saturated rings. The van der Waals surface area contributed by atoms with E-state index < -0.39 is 12.0 Å². The van der Waals surface area contributed by atoms with Crippen molar-refractivity contribution in [1.29, 1.82) is 0 Å². The number of carbonyl (C=O) groups is 1. The average molecular weight is 281 g/mol. The van der Waals surface area contributed by atoms with Crippen molar-refractivity contribution >= 4 is 22.4 Å². The van der Waals surface area contributed by atoms with Crippen LogP contribution in [0.15, 0.2) is 21.9 Å². The van der Waals surface area contributed by atoms with Gasteiger partial charge in [0.1, 0.15) is 17.6 Å². The number of aromatic nitrogens is 1. The molecule has 3 N–H and O–H groups in total. The second-order valence-corrected chi connectivity index (χ2v) is 5.08. The van der Waals surface area contributed by atoms with Crippen LogP contribution in [0.4, 0.5) is 5.13 Å². The first kappa shape index (κ1) is 13.6. The number of hydrogen-bond donors (Lipinski definition) is 2. The molecule has 0 aliphatic heterocycles. The number of hydrogen-bond acceptors (Lipinski definition) is 6. The largest absolute Gasteiger partial charge is 0.480 e. The monoisotopic (exact) mass is 281 g/mol. The van der Waals surface area contributed by atoms with E-state index in [0.717, 1.165) is 11.5 Å². The zero-order chi connectivity index (χ0) is 14.0. The van der Waals surface area contributed by atoms with Crippen LogP contribution in [0.1, 0.15) is 23.3 Å². The number of nitrogens with two attached hydrogens (primary N) is 1. The molecule has 1 atom stereocenters. The number of aryl methyl sites for hydroxylation is 1. The molecule has 2 aromatic rings. The Balaban J connectivity index is 2.07. The summed E-state index contributed by atoms with van der Waals surface area (Å²) in [5, 5.41) is 11.2. The van der Waals surface area contributed by atoms with Gasteiger partial charge in [-0.3, -0.25) is 4.79 Å². The van der Waals surface area contributed by atoms with Gasteiger partial charge in [0.2, 0.25) is 0 Å². The highest BCUT2D eigenvalue weighted by atomic mass is 32.1. The van der Waals surface area contributed by atoms with E-state index in [-0.39, 0.29) is 0 Å². The van der Waals surface area contributed by atoms with Gasteiger partial charge >= 0.3 is 5.97 Å². The lowest BCUT2D eigenvalue weighted by molar-refractivity contribution is -0.138. The number of rotatable bonds is 5. The standard InChI is InChI=1S/C12H15N3O3S/c1-7-3-4-8(18-7)5-15(2)12-14-9(6-19-12)10(13)11(16)17/h3-4,6,10H,5,13H2,1-2H3,(H,16,17). The van der Waals surface area contributed by atoms with E-state index >= 15 is 0 Å². The summed E-state index contributed by atoms with van der Waals surface area (Å²) in [4.78, 5) is 16.9. The molecule has 0 spiro atoms. The number of furan rings is 1. The second kappa shape index (κ2) is 5.41. The van der Waals surface area contributed by atoms with Crippen molar-refractivity contribution in [1.82, 2.24) is 4.98 Å². The molecule has 0 amide bonds. The van der Waals surface area contributed by atoms with Crippen LogP contribution in [0.2, 0.25) is 0 Å². The van der Waals surface area contributed by atoms with Crippen LogP contribution < -0.4 is 10.6 Å². The summed E-state index contributed by atoms with van der Waals surface area (Å²) in [6, 6.07) is 2.73. The van der Waals surface area contributed by atoms with Crippen molar-refractivity contribution in [2.75, 3.05) is 11.9 Å². The molecule has 0 radical (unpaired) electrons. The normalized spacial score (nSPS) is 12.4. The Kier molecular flexibility index (Phi) is 3.87. The van der Waals surface area contributed by atoms with Gasteiger partial charge < -0.3 is 20.2 Å². The van der Waals surface area contributed by atoms with Gasteiger partial charge in [-0.05, 0) is 19.1 Å². The lowest BCUT2D eigenvalue weighted by Gasteiger charge is -2.13. The maximum atomic E-state index is 10.8. The van der Waals surface area contributed by atoms with Gasteiger partial charge in [-0.2, -0.15) is 0 Å². The van der Waals surface area contributed by atoms with Crippen LogP contribution in [-0.4, -0.2) is 23.1 Å². The van der Waals surface area contributed by atoms with Gasteiger partial charge in [0, 0.05) is 12.4 Å². The second-order valence-electron chi connectivity index (χ2n) is 4.24. The number of carboxylic acid groups (broad SMARTS) is 1. The molecule has 2 aromatic heterocycles. The summed E-state index contributed by atoms with van der Waals surface area (Å²) >= 11 is 1.36. The number of aliphatic carboxylic acids is 1. The first-order chi connectivity index (χ1) is 8.97. The van der Waals surface area contributed by atoms with Crippen LogP contribution in [0.5, 0.6) is 0 Å². The quantitative estimate of drug-likeness (QED) is 0.867. The van der Waals surface area contributed by atoms with Crippen molar-refractivity contribution in [2.24, 2.45) is 5.73 Å².